The van der Waals surface area contributed by atoms with Crippen LogP contribution in [0.3, 0.4) is 0 Å². The van der Waals surface area contributed by atoms with Gasteiger partial charge in [0.25, 0.3) is 5.91 Å². The van der Waals surface area contributed by atoms with E-state index >= 15 is 0 Å². The van der Waals surface area contributed by atoms with Gasteiger partial charge in [-0.25, -0.2) is 13.2 Å². The van der Waals surface area contributed by atoms with Crippen LogP contribution in [-0.4, -0.2) is 39.6 Å². The molecule has 5 rings (SSSR count). The van der Waals surface area contributed by atoms with Crippen LogP contribution in [0.15, 0.2) is 76.5 Å². The van der Waals surface area contributed by atoms with Crippen LogP contribution in [0.2, 0.25) is 0 Å². The molecule has 35 heavy (non-hydrogen) atoms. The SMILES string of the molecule is Cc1ccccc1CN1C(=O)c2ccccc2S(=O)(=O)c2ccc(C(=O)OC[C@H]3CCCO3)cc21. The lowest BCUT2D eigenvalue weighted by Crippen LogP contribution is -2.31. The monoisotopic (exact) mass is 491 g/mol. The number of carbonyl (C=O) groups excluding carboxylic acids is 2. The van der Waals surface area contributed by atoms with Gasteiger partial charge < -0.3 is 14.4 Å². The molecule has 8 heteroatoms. The highest BCUT2D eigenvalue weighted by Crippen LogP contribution is 2.38. The molecule has 0 unspecified atom stereocenters. The molecule has 1 atom stereocenters. The molecule has 1 saturated heterocycles. The molecule has 7 nitrogen and oxygen atoms in total. The number of benzene rings is 3. The molecule has 1 fully saturated rings. The number of ether oxygens (including phenoxy) is 2. The third-order valence-electron chi connectivity index (χ3n) is 6.44. The Kier molecular flexibility index (Phi) is 6.17. The largest absolute Gasteiger partial charge is 0.459 e. The van der Waals surface area contributed by atoms with E-state index in [1.807, 2.05) is 31.2 Å². The fourth-order valence-electron chi connectivity index (χ4n) is 4.48. The number of rotatable bonds is 5. The molecular weight excluding hydrogens is 466 g/mol. The Hall–Kier alpha value is -3.49. The molecule has 1 amide bonds. The normalized spacial score (nSPS) is 18.5. The molecule has 180 valence electrons. The summed E-state index contributed by atoms with van der Waals surface area (Å²) in [5.41, 5.74) is 2.26. The first-order valence-electron chi connectivity index (χ1n) is 11.5. The number of aryl methyl sites for hydroxylation is 1. The quantitative estimate of drug-likeness (QED) is 0.494. The second-order valence-corrected chi connectivity index (χ2v) is 10.6. The molecule has 0 N–H and O–H groups in total. The third kappa shape index (κ3) is 4.35. The third-order valence-corrected chi connectivity index (χ3v) is 8.30. The number of amides is 1. The predicted molar refractivity (Wildman–Crippen MR) is 129 cm³/mol. The van der Waals surface area contributed by atoms with Crippen LogP contribution >= 0.6 is 0 Å². The Bertz CT molecular complexity index is 1410. The summed E-state index contributed by atoms with van der Waals surface area (Å²) in [5.74, 6) is -1.04. The summed E-state index contributed by atoms with van der Waals surface area (Å²) < 4.78 is 38.1. The molecule has 0 aliphatic carbocycles. The standard InChI is InChI=1S/C27H25NO6S/c1-18-7-2-3-8-20(18)16-28-23-15-19(27(30)34-17-21-9-6-14-33-21)12-13-25(23)35(31,32)24-11-5-4-10-22(24)26(28)29/h2-5,7-8,10-13,15,21H,6,9,14,16-17H2,1H3/t21-/m1/s1. The van der Waals surface area contributed by atoms with E-state index in [2.05, 4.69) is 0 Å². The summed E-state index contributed by atoms with van der Waals surface area (Å²) in [7, 11) is -4.01. The van der Waals surface area contributed by atoms with Crippen molar-refractivity contribution in [1.82, 2.24) is 0 Å². The number of anilines is 1. The number of hydrogen-bond acceptors (Lipinski definition) is 6. The first kappa shape index (κ1) is 23.3. The van der Waals surface area contributed by atoms with Crippen LogP contribution in [0.25, 0.3) is 0 Å². The molecule has 0 spiro atoms. The maximum absolute atomic E-state index is 13.7. The summed E-state index contributed by atoms with van der Waals surface area (Å²) in [6.07, 6.45) is 1.62. The first-order valence-corrected chi connectivity index (χ1v) is 13.0. The van der Waals surface area contributed by atoms with Gasteiger partial charge in [0.05, 0.1) is 39.3 Å². The topological polar surface area (TPSA) is 90.0 Å². The maximum atomic E-state index is 13.7. The molecular formula is C27H25NO6S. The molecule has 0 bridgehead atoms. The highest BCUT2D eigenvalue weighted by Gasteiger charge is 2.36. The number of carbonyl (C=O) groups is 2. The lowest BCUT2D eigenvalue weighted by Gasteiger charge is -2.24. The van der Waals surface area contributed by atoms with E-state index in [4.69, 9.17) is 9.47 Å². The molecule has 0 aromatic heterocycles. The van der Waals surface area contributed by atoms with Gasteiger partial charge in [-0.2, -0.15) is 0 Å². The van der Waals surface area contributed by atoms with Crippen molar-refractivity contribution < 1.29 is 27.5 Å². The molecule has 0 radical (unpaired) electrons. The minimum absolute atomic E-state index is 0.0277. The minimum Gasteiger partial charge on any atom is -0.459 e. The molecule has 0 saturated carbocycles. The van der Waals surface area contributed by atoms with E-state index in [0.717, 1.165) is 24.0 Å². The summed E-state index contributed by atoms with van der Waals surface area (Å²) in [5, 5.41) is 0. The van der Waals surface area contributed by atoms with Crippen LogP contribution in [0.5, 0.6) is 0 Å². The van der Waals surface area contributed by atoms with Crippen molar-refractivity contribution in [1.29, 1.82) is 0 Å². The van der Waals surface area contributed by atoms with Crippen molar-refractivity contribution in [2.45, 2.75) is 42.2 Å². The van der Waals surface area contributed by atoms with Gasteiger partial charge in [0.1, 0.15) is 6.61 Å². The maximum Gasteiger partial charge on any atom is 0.338 e. The average Bonchev–Trinajstić information content (AvgIpc) is 3.38. The van der Waals surface area contributed by atoms with E-state index in [-0.39, 0.29) is 45.9 Å². The van der Waals surface area contributed by atoms with E-state index < -0.39 is 21.7 Å². The van der Waals surface area contributed by atoms with Gasteiger partial charge in [0.15, 0.2) is 0 Å². The summed E-state index contributed by atoms with van der Waals surface area (Å²) in [4.78, 5) is 27.9. The Labute approximate surface area is 204 Å². The van der Waals surface area contributed by atoms with Crippen LogP contribution in [0, 0.1) is 6.92 Å². The second-order valence-electron chi connectivity index (χ2n) is 8.73. The van der Waals surface area contributed by atoms with Crippen LogP contribution in [0.4, 0.5) is 5.69 Å². The predicted octanol–water partition coefficient (Wildman–Crippen LogP) is 4.32. The van der Waals surface area contributed by atoms with Gasteiger partial charge in [-0.1, -0.05) is 36.4 Å². The number of sulfone groups is 1. The number of esters is 1. The summed E-state index contributed by atoms with van der Waals surface area (Å²) >= 11 is 0. The number of fused-ring (bicyclic) bond motifs is 2. The van der Waals surface area contributed by atoms with Gasteiger partial charge in [-0.15, -0.1) is 0 Å². The van der Waals surface area contributed by atoms with Crippen molar-refractivity contribution >= 4 is 27.4 Å². The van der Waals surface area contributed by atoms with Crippen LogP contribution in [-0.2, 0) is 25.9 Å². The minimum atomic E-state index is -4.01. The Balaban J connectivity index is 1.60. The fraction of sp³-hybridized carbons (Fsp3) is 0.259. The van der Waals surface area contributed by atoms with Gasteiger partial charge in [-0.05, 0) is 61.2 Å². The highest BCUT2D eigenvalue weighted by molar-refractivity contribution is 7.91. The van der Waals surface area contributed by atoms with Gasteiger partial charge in [-0.3, -0.25) is 4.79 Å². The van der Waals surface area contributed by atoms with Gasteiger partial charge in [0, 0.05) is 6.61 Å². The van der Waals surface area contributed by atoms with E-state index in [0.29, 0.717) is 6.61 Å². The first-order chi connectivity index (χ1) is 16.9. The Morgan fingerprint density at radius 2 is 1.83 bits per heavy atom. The molecule has 3 aromatic rings. The second kappa shape index (κ2) is 9.28. The average molecular weight is 492 g/mol. The van der Waals surface area contributed by atoms with Crippen molar-refractivity contribution in [3.63, 3.8) is 0 Å². The smallest absolute Gasteiger partial charge is 0.338 e. The molecule has 3 aromatic carbocycles. The van der Waals surface area contributed by atoms with E-state index in [1.54, 1.807) is 12.1 Å². The van der Waals surface area contributed by atoms with Crippen molar-refractivity contribution in [3.05, 3.63) is 89.0 Å². The van der Waals surface area contributed by atoms with Crippen molar-refractivity contribution in [2.24, 2.45) is 0 Å². The van der Waals surface area contributed by atoms with E-state index in [1.165, 1.54) is 35.2 Å². The van der Waals surface area contributed by atoms with Crippen molar-refractivity contribution in [2.75, 3.05) is 18.1 Å². The van der Waals surface area contributed by atoms with Gasteiger partial charge >= 0.3 is 5.97 Å². The molecule has 2 aliphatic rings. The Morgan fingerprint density at radius 1 is 1.06 bits per heavy atom. The number of hydrogen-bond donors (Lipinski definition) is 0. The van der Waals surface area contributed by atoms with E-state index in [9.17, 15) is 18.0 Å². The highest BCUT2D eigenvalue weighted by atomic mass is 32.2. The molecule has 2 heterocycles. The molecule has 2 aliphatic heterocycles. The lowest BCUT2D eigenvalue weighted by molar-refractivity contribution is 0.0161. The van der Waals surface area contributed by atoms with Gasteiger partial charge in [0.2, 0.25) is 9.84 Å². The van der Waals surface area contributed by atoms with Crippen LogP contribution < -0.4 is 4.90 Å². The number of nitrogens with zero attached hydrogens (tertiary/aromatic N) is 1. The zero-order valence-corrected chi connectivity index (χ0v) is 20.1. The zero-order chi connectivity index (χ0) is 24.6. The summed E-state index contributed by atoms with van der Waals surface area (Å²) in [6.45, 7) is 2.86. The zero-order valence-electron chi connectivity index (χ0n) is 19.3. The lowest BCUT2D eigenvalue weighted by atomic mass is 10.1. The fourth-order valence-corrected chi connectivity index (χ4v) is 6.11. The van der Waals surface area contributed by atoms with Crippen LogP contribution in [0.1, 0.15) is 44.7 Å². The Morgan fingerprint density at radius 3 is 2.60 bits per heavy atom. The van der Waals surface area contributed by atoms with Crippen molar-refractivity contribution in [3.8, 4) is 0 Å². The summed E-state index contributed by atoms with van der Waals surface area (Å²) in [6, 6.07) is 18.0.